The maximum absolute atomic E-state index is 6.13. The van der Waals surface area contributed by atoms with Crippen LogP contribution in [0.15, 0.2) is 57.4 Å². The van der Waals surface area contributed by atoms with E-state index in [4.69, 9.17) is 8.83 Å². The molecule has 0 saturated carbocycles. The van der Waals surface area contributed by atoms with Crippen LogP contribution in [0.25, 0.3) is 43.9 Å². The molecule has 0 unspecified atom stereocenters. The van der Waals surface area contributed by atoms with Crippen molar-refractivity contribution in [3.63, 3.8) is 0 Å². The van der Waals surface area contributed by atoms with Crippen LogP contribution in [0.3, 0.4) is 0 Å². The van der Waals surface area contributed by atoms with Gasteiger partial charge in [-0.2, -0.15) is 0 Å². The van der Waals surface area contributed by atoms with E-state index >= 15 is 0 Å². The predicted molar refractivity (Wildman–Crippen MR) is 129 cm³/mol. The molecule has 154 valence electrons. The molecule has 0 atom stereocenters. The highest BCUT2D eigenvalue weighted by molar-refractivity contribution is 6.18. The highest BCUT2D eigenvalue weighted by atomic mass is 16.4. The van der Waals surface area contributed by atoms with Gasteiger partial charge >= 0.3 is 0 Å². The Morgan fingerprint density at radius 1 is 0.586 bits per heavy atom. The lowest BCUT2D eigenvalue weighted by Gasteiger charge is -1.95. The molecule has 2 nitrogen and oxygen atoms in total. The predicted octanol–water partition coefficient (Wildman–Crippen LogP) is 9.43. The third-order valence-corrected chi connectivity index (χ3v) is 4.70. The molecule has 5 rings (SSSR count). The normalized spacial score (nSPS) is 10.2. The number of aryl methyl sites for hydroxylation is 2. The summed E-state index contributed by atoms with van der Waals surface area (Å²) in [6, 6.07) is 17.0. The Morgan fingerprint density at radius 3 is 1.59 bits per heavy atom. The summed E-state index contributed by atoms with van der Waals surface area (Å²) in [5.41, 5.74) is 6.07. The first-order valence-electron chi connectivity index (χ1n) is 11.0. The molecule has 0 fully saturated rings. The average molecular weight is 391 g/mol. The molecule has 0 bridgehead atoms. The number of furan rings is 2. The van der Waals surface area contributed by atoms with Gasteiger partial charge in [0.25, 0.3) is 0 Å². The number of hydrogen-bond donors (Lipinski definition) is 0. The zero-order valence-corrected chi connectivity index (χ0v) is 19.1. The van der Waals surface area contributed by atoms with Crippen LogP contribution in [0.4, 0.5) is 0 Å². The van der Waals surface area contributed by atoms with E-state index < -0.39 is 0 Å². The van der Waals surface area contributed by atoms with Crippen LogP contribution in [0.5, 0.6) is 0 Å². The molecule has 2 heterocycles. The topological polar surface area (TPSA) is 26.3 Å². The SMILES string of the molecule is CC.CC.CC.CCc1ccc2oc3c(ccc4c5cc(C)ccc5oc43)c2c1. The second kappa shape index (κ2) is 10.2. The van der Waals surface area contributed by atoms with Gasteiger partial charge < -0.3 is 8.83 Å². The molecule has 29 heavy (non-hydrogen) atoms. The first-order chi connectivity index (χ1) is 14.2. The van der Waals surface area contributed by atoms with Gasteiger partial charge in [-0.05, 0) is 55.3 Å². The molecule has 3 aromatic carbocycles. The lowest BCUT2D eigenvalue weighted by atomic mass is 10.1. The quantitative estimate of drug-likeness (QED) is 0.285. The summed E-state index contributed by atoms with van der Waals surface area (Å²) in [6.45, 7) is 16.3. The van der Waals surface area contributed by atoms with Crippen molar-refractivity contribution in [1.82, 2.24) is 0 Å². The van der Waals surface area contributed by atoms with Gasteiger partial charge in [0, 0.05) is 21.5 Å². The first-order valence-corrected chi connectivity index (χ1v) is 11.0. The lowest BCUT2D eigenvalue weighted by Crippen LogP contribution is -1.77. The van der Waals surface area contributed by atoms with E-state index in [-0.39, 0.29) is 0 Å². The first kappa shape index (κ1) is 22.5. The molecule has 0 aliphatic carbocycles. The van der Waals surface area contributed by atoms with Crippen LogP contribution < -0.4 is 0 Å². The molecule has 2 heteroatoms. The number of hydrogen-bond acceptors (Lipinski definition) is 2. The van der Waals surface area contributed by atoms with Crippen LogP contribution in [-0.2, 0) is 6.42 Å². The second-order valence-corrected chi connectivity index (χ2v) is 6.21. The van der Waals surface area contributed by atoms with Gasteiger partial charge in [-0.3, -0.25) is 0 Å². The van der Waals surface area contributed by atoms with Crippen molar-refractivity contribution in [3.05, 3.63) is 59.7 Å². The van der Waals surface area contributed by atoms with Gasteiger partial charge in [0.2, 0.25) is 0 Å². The molecule has 5 aromatic rings. The fourth-order valence-electron chi connectivity index (χ4n) is 3.45. The maximum Gasteiger partial charge on any atom is 0.178 e. The largest absolute Gasteiger partial charge is 0.452 e. The Kier molecular flexibility index (Phi) is 7.90. The second-order valence-electron chi connectivity index (χ2n) is 6.21. The fourth-order valence-corrected chi connectivity index (χ4v) is 3.45. The fraction of sp³-hybridized carbons (Fsp3) is 0.333. The minimum absolute atomic E-state index is 0.845. The highest BCUT2D eigenvalue weighted by Crippen LogP contribution is 2.38. The van der Waals surface area contributed by atoms with E-state index in [0.717, 1.165) is 50.3 Å². The summed E-state index contributed by atoms with van der Waals surface area (Å²) in [5.74, 6) is 0. The zero-order valence-electron chi connectivity index (χ0n) is 19.1. The van der Waals surface area contributed by atoms with E-state index in [2.05, 4.69) is 56.3 Å². The van der Waals surface area contributed by atoms with Gasteiger partial charge in [0.1, 0.15) is 11.2 Å². The zero-order chi connectivity index (χ0) is 21.6. The van der Waals surface area contributed by atoms with E-state index in [1.165, 1.54) is 11.1 Å². The third-order valence-electron chi connectivity index (χ3n) is 4.70. The summed E-state index contributed by atoms with van der Waals surface area (Å²) >= 11 is 0. The van der Waals surface area contributed by atoms with Crippen LogP contribution in [0, 0.1) is 6.92 Å². The summed E-state index contributed by atoms with van der Waals surface area (Å²) in [4.78, 5) is 0. The Hall–Kier alpha value is -2.74. The summed E-state index contributed by atoms with van der Waals surface area (Å²) in [6.07, 6.45) is 1.02. The molecule has 0 aliphatic rings. The Balaban J connectivity index is 0.000000461. The van der Waals surface area contributed by atoms with Gasteiger partial charge in [0.05, 0.1) is 0 Å². The van der Waals surface area contributed by atoms with Crippen LogP contribution in [-0.4, -0.2) is 0 Å². The van der Waals surface area contributed by atoms with Crippen molar-refractivity contribution >= 4 is 43.9 Å². The van der Waals surface area contributed by atoms with Crippen molar-refractivity contribution in [3.8, 4) is 0 Å². The third kappa shape index (κ3) is 4.03. The Morgan fingerprint density at radius 2 is 1.07 bits per heavy atom. The molecule has 0 aliphatic heterocycles. The van der Waals surface area contributed by atoms with E-state index in [9.17, 15) is 0 Å². The molecular formula is C27H34O2. The van der Waals surface area contributed by atoms with Crippen molar-refractivity contribution in [2.75, 3.05) is 0 Å². The molecule has 2 aromatic heterocycles. The van der Waals surface area contributed by atoms with Crippen molar-refractivity contribution in [2.45, 2.75) is 61.8 Å². The Labute approximate surface area is 174 Å². The van der Waals surface area contributed by atoms with E-state index in [1.807, 2.05) is 47.6 Å². The van der Waals surface area contributed by atoms with Crippen molar-refractivity contribution < 1.29 is 8.83 Å². The van der Waals surface area contributed by atoms with Crippen LogP contribution in [0.1, 0.15) is 59.6 Å². The number of benzene rings is 3. The standard InChI is InChI=1S/C21H16O2.3C2H6/c1-3-13-5-9-19-17(11-13)15-7-6-14-16-10-12(2)4-8-18(16)22-20(14)21(15)23-19;3*1-2/h4-11H,3H2,1-2H3;3*1-2H3. The van der Waals surface area contributed by atoms with Gasteiger partial charge in [-0.15, -0.1) is 0 Å². The monoisotopic (exact) mass is 390 g/mol. The molecule has 0 amide bonds. The molecule has 0 spiro atoms. The highest BCUT2D eigenvalue weighted by Gasteiger charge is 2.15. The smallest absolute Gasteiger partial charge is 0.178 e. The number of fused-ring (bicyclic) bond motifs is 7. The van der Waals surface area contributed by atoms with Gasteiger partial charge in [-0.1, -0.05) is 66.2 Å². The molecule has 0 radical (unpaired) electrons. The minimum Gasteiger partial charge on any atom is -0.452 e. The minimum atomic E-state index is 0.845. The molecule has 0 N–H and O–H groups in total. The van der Waals surface area contributed by atoms with Crippen LogP contribution in [0.2, 0.25) is 0 Å². The van der Waals surface area contributed by atoms with E-state index in [0.29, 0.717) is 0 Å². The summed E-state index contributed by atoms with van der Waals surface area (Å²) in [5, 5.41) is 4.55. The number of rotatable bonds is 1. The maximum atomic E-state index is 6.13. The van der Waals surface area contributed by atoms with E-state index in [1.54, 1.807) is 0 Å². The Bertz CT molecular complexity index is 1210. The van der Waals surface area contributed by atoms with Crippen LogP contribution >= 0.6 is 0 Å². The van der Waals surface area contributed by atoms with Crippen molar-refractivity contribution in [1.29, 1.82) is 0 Å². The molecular weight excluding hydrogens is 356 g/mol. The average Bonchev–Trinajstić information content (AvgIpc) is 3.35. The lowest BCUT2D eigenvalue weighted by molar-refractivity contribution is 0.633. The summed E-state index contributed by atoms with van der Waals surface area (Å²) in [7, 11) is 0. The van der Waals surface area contributed by atoms with Gasteiger partial charge in [0.15, 0.2) is 11.2 Å². The summed E-state index contributed by atoms with van der Waals surface area (Å²) < 4.78 is 12.2. The van der Waals surface area contributed by atoms with Crippen molar-refractivity contribution in [2.24, 2.45) is 0 Å². The van der Waals surface area contributed by atoms with Gasteiger partial charge in [-0.25, -0.2) is 0 Å². The molecule has 0 saturated heterocycles.